The van der Waals surface area contributed by atoms with Crippen molar-refractivity contribution in [1.82, 2.24) is 15.5 Å². The summed E-state index contributed by atoms with van der Waals surface area (Å²) in [6.45, 7) is 0.433. The highest BCUT2D eigenvalue weighted by atomic mass is 17.0. The van der Waals surface area contributed by atoms with Crippen LogP contribution in [0.2, 0.25) is 0 Å². The molecule has 2 N–H and O–H groups in total. The predicted molar refractivity (Wildman–Crippen MR) is 71.6 cm³/mol. The molecular weight excluding hydrogens is 280 g/mol. The van der Waals surface area contributed by atoms with Crippen molar-refractivity contribution in [3.05, 3.63) is 0 Å². The Balaban J connectivity index is 1.77. The third-order valence-corrected chi connectivity index (χ3v) is 3.93. The van der Waals surface area contributed by atoms with E-state index in [0.29, 0.717) is 24.7 Å². The Morgan fingerprint density at radius 3 is 2.48 bits per heavy atom. The molecule has 0 aromatic carbocycles. The summed E-state index contributed by atoms with van der Waals surface area (Å²) in [5.74, 6) is 6.34. The fourth-order valence-electron chi connectivity index (χ4n) is 2.71. The average molecular weight is 304 g/mol. The van der Waals surface area contributed by atoms with Crippen LogP contribution in [-0.2, 0) is 19.2 Å². The molecule has 0 aromatic heterocycles. The van der Waals surface area contributed by atoms with Gasteiger partial charge in [0.15, 0.2) is 0 Å². The normalized spacial score (nSPS) is 27.4. The number of nitrogens with zero attached hydrogens (tertiary/aromatic N) is 3. The number of hydrogen-bond acceptors (Lipinski definition) is 7. The molecule has 0 spiro atoms. The minimum atomic E-state index is -0.572. The van der Waals surface area contributed by atoms with Crippen molar-refractivity contribution >= 4 is 6.03 Å². The van der Waals surface area contributed by atoms with Gasteiger partial charge in [0.1, 0.15) is 0 Å². The number of amides is 2. The quantitative estimate of drug-likeness (QED) is 0.316. The summed E-state index contributed by atoms with van der Waals surface area (Å²) in [7, 11) is 4.01. The second-order valence-electron chi connectivity index (χ2n) is 5.22. The van der Waals surface area contributed by atoms with E-state index in [0.717, 1.165) is 41.2 Å². The van der Waals surface area contributed by atoms with Gasteiger partial charge in [-0.05, 0) is 31.6 Å². The molecule has 1 saturated carbocycles. The zero-order valence-electron chi connectivity index (χ0n) is 12.7. The van der Waals surface area contributed by atoms with Crippen LogP contribution in [0.1, 0.15) is 25.7 Å². The molecule has 2 fully saturated rings. The van der Waals surface area contributed by atoms with Gasteiger partial charge in [0.05, 0.1) is 38.9 Å². The largest absolute Gasteiger partial charge is 0.377 e. The molecule has 1 aliphatic carbocycles. The first-order valence-electron chi connectivity index (χ1n) is 7.04. The molecule has 2 rings (SSSR count). The summed E-state index contributed by atoms with van der Waals surface area (Å²) in [6, 6.07) is -0.572. The molecule has 9 nitrogen and oxygen atoms in total. The molecular formula is C12H24N4O5. The Labute approximate surface area is 124 Å². The smallest absolute Gasteiger partial charge is 0.370 e. The van der Waals surface area contributed by atoms with Gasteiger partial charge in [-0.25, -0.2) is 10.6 Å². The van der Waals surface area contributed by atoms with Crippen molar-refractivity contribution in [3.8, 4) is 0 Å². The molecule has 0 bridgehead atoms. The number of hydrazine groups is 2. The van der Waals surface area contributed by atoms with Crippen molar-refractivity contribution in [2.75, 3.05) is 27.9 Å². The van der Waals surface area contributed by atoms with Crippen LogP contribution >= 0.6 is 0 Å². The summed E-state index contributed by atoms with van der Waals surface area (Å²) in [5.41, 5.74) is 0. The van der Waals surface area contributed by atoms with Gasteiger partial charge in [-0.15, -0.1) is 0 Å². The highest BCUT2D eigenvalue weighted by Crippen LogP contribution is 2.40. The lowest BCUT2D eigenvalue weighted by Gasteiger charge is -2.30. The zero-order chi connectivity index (χ0) is 15.4. The van der Waals surface area contributed by atoms with E-state index in [1.54, 1.807) is 0 Å². The molecule has 3 unspecified atom stereocenters. The SMILES string of the molecule is CON(OC)N(OC)C(=O)N(N)CCC1CCC2OC2C1. The second kappa shape index (κ2) is 7.34. The summed E-state index contributed by atoms with van der Waals surface area (Å²) in [5, 5.41) is 2.68. The number of ether oxygens (including phenoxy) is 1. The molecule has 2 aliphatic rings. The Morgan fingerprint density at radius 1 is 1.19 bits per heavy atom. The molecule has 122 valence electrons. The van der Waals surface area contributed by atoms with E-state index < -0.39 is 6.03 Å². The second-order valence-corrected chi connectivity index (χ2v) is 5.22. The van der Waals surface area contributed by atoms with Crippen LogP contribution in [0.3, 0.4) is 0 Å². The molecule has 0 radical (unpaired) electrons. The first-order valence-corrected chi connectivity index (χ1v) is 7.04. The fraction of sp³-hybridized carbons (Fsp3) is 0.917. The van der Waals surface area contributed by atoms with Gasteiger partial charge in [-0.2, -0.15) is 0 Å². The molecule has 1 heterocycles. The third kappa shape index (κ3) is 4.02. The lowest BCUT2D eigenvalue weighted by molar-refractivity contribution is -0.493. The van der Waals surface area contributed by atoms with Crippen LogP contribution in [0.15, 0.2) is 0 Å². The Morgan fingerprint density at radius 2 is 1.90 bits per heavy atom. The van der Waals surface area contributed by atoms with Gasteiger partial charge in [-0.3, -0.25) is 19.5 Å². The van der Waals surface area contributed by atoms with E-state index in [1.165, 1.54) is 21.3 Å². The predicted octanol–water partition coefficient (Wildman–Crippen LogP) is 0.443. The van der Waals surface area contributed by atoms with Crippen LogP contribution < -0.4 is 5.84 Å². The van der Waals surface area contributed by atoms with Crippen molar-refractivity contribution in [3.63, 3.8) is 0 Å². The Bertz CT molecular complexity index is 355. The van der Waals surface area contributed by atoms with Gasteiger partial charge >= 0.3 is 6.03 Å². The lowest BCUT2D eigenvalue weighted by Crippen LogP contribution is -2.53. The van der Waals surface area contributed by atoms with E-state index in [-0.39, 0.29) is 0 Å². The standard InChI is InChI=1S/C12H24N4O5/c1-18-15(16(19-2)20-3)12(17)14(13)7-6-9-4-5-10-11(8-9)21-10/h9-11H,4-8,13H2,1-3H3. The minimum absolute atomic E-state index is 0.429. The number of nitrogens with two attached hydrogens (primary N) is 1. The highest BCUT2D eigenvalue weighted by Gasteiger charge is 2.43. The van der Waals surface area contributed by atoms with E-state index >= 15 is 0 Å². The monoisotopic (exact) mass is 304 g/mol. The number of fused-ring (bicyclic) bond motifs is 1. The van der Waals surface area contributed by atoms with Gasteiger partial charge < -0.3 is 4.74 Å². The van der Waals surface area contributed by atoms with Crippen LogP contribution in [0.4, 0.5) is 4.79 Å². The molecule has 2 amide bonds. The molecule has 1 saturated heterocycles. The van der Waals surface area contributed by atoms with Gasteiger partial charge in [0, 0.05) is 6.54 Å². The number of urea groups is 1. The van der Waals surface area contributed by atoms with Crippen molar-refractivity contribution in [2.24, 2.45) is 11.8 Å². The van der Waals surface area contributed by atoms with E-state index in [2.05, 4.69) is 0 Å². The first-order chi connectivity index (χ1) is 10.1. The lowest BCUT2D eigenvalue weighted by atomic mass is 9.87. The Hall–Kier alpha value is -0.970. The molecule has 21 heavy (non-hydrogen) atoms. The highest BCUT2D eigenvalue weighted by molar-refractivity contribution is 5.71. The molecule has 0 aromatic rings. The topological polar surface area (TPSA) is 93.0 Å². The van der Waals surface area contributed by atoms with Crippen LogP contribution in [0.5, 0.6) is 0 Å². The van der Waals surface area contributed by atoms with Gasteiger partial charge in [0.25, 0.3) is 0 Å². The van der Waals surface area contributed by atoms with Gasteiger partial charge in [0.2, 0.25) is 0 Å². The maximum absolute atomic E-state index is 12.2. The Kier molecular flexibility index (Phi) is 5.73. The van der Waals surface area contributed by atoms with Crippen molar-refractivity contribution in [1.29, 1.82) is 0 Å². The first kappa shape index (κ1) is 16.4. The minimum Gasteiger partial charge on any atom is -0.370 e. The number of carbonyl (C=O) groups excluding carboxylic acids is 1. The fourth-order valence-corrected chi connectivity index (χ4v) is 2.71. The van der Waals surface area contributed by atoms with Crippen LogP contribution in [0.25, 0.3) is 0 Å². The van der Waals surface area contributed by atoms with Crippen LogP contribution in [-0.4, -0.2) is 61.6 Å². The number of carbonyl (C=O) groups is 1. The number of hydroxylamine groups is 1. The summed E-state index contributed by atoms with van der Waals surface area (Å²) >= 11 is 0. The maximum atomic E-state index is 12.2. The maximum Gasteiger partial charge on any atom is 0.377 e. The number of rotatable bonds is 7. The molecule has 3 atom stereocenters. The summed E-state index contributed by atoms with van der Waals surface area (Å²) < 4.78 is 5.50. The average Bonchev–Trinajstić information content (AvgIpc) is 3.28. The third-order valence-electron chi connectivity index (χ3n) is 3.93. The number of epoxide rings is 1. The summed E-state index contributed by atoms with van der Waals surface area (Å²) in [6.07, 6.45) is 5.05. The number of hydrogen-bond donors (Lipinski definition) is 1. The van der Waals surface area contributed by atoms with Crippen molar-refractivity contribution in [2.45, 2.75) is 37.9 Å². The summed E-state index contributed by atoms with van der Waals surface area (Å²) in [4.78, 5) is 26.7. The zero-order valence-corrected chi connectivity index (χ0v) is 12.7. The van der Waals surface area contributed by atoms with E-state index in [1.807, 2.05) is 0 Å². The van der Waals surface area contributed by atoms with Gasteiger partial charge in [-0.1, -0.05) is 5.17 Å². The van der Waals surface area contributed by atoms with Crippen LogP contribution in [0, 0.1) is 5.92 Å². The van der Waals surface area contributed by atoms with Crippen molar-refractivity contribution < 1.29 is 24.0 Å². The molecule has 9 heteroatoms. The van der Waals surface area contributed by atoms with E-state index in [9.17, 15) is 4.79 Å². The molecule has 1 aliphatic heterocycles. The van der Waals surface area contributed by atoms with E-state index in [4.69, 9.17) is 25.1 Å².